The van der Waals surface area contributed by atoms with Gasteiger partial charge in [0.15, 0.2) is 5.78 Å². The maximum atomic E-state index is 11.9. The van der Waals surface area contributed by atoms with Crippen molar-refractivity contribution in [2.75, 3.05) is 7.11 Å². The van der Waals surface area contributed by atoms with E-state index in [1.165, 1.54) is 7.11 Å². The highest BCUT2D eigenvalue weighted by molar-refractivity contribution is 6.00. The third kappa shape index (κ3) is 2.38. The first-order valence-corrected chi connectivity index (χ1v) is 5.92. The minimum atomic E-state index is -0.391. The van der Waals surface area contributed by atoms with Crippen molar-refractivity contribution in [2.45, 2.75) is 32.1 Å². The third-order valence-electron chi connectivity index (χ3n) is 3.11. The van der Waals surface area contributed by atoms with Gasteiger partial charge in [-0.25, -0.2) is 4.79 Å². The third-order valence-corrected chi connectivity index (χ3v) is 3.11. The van der Waals surface area contributed by atoms with Gasteiger partial charge in [0.25, 0.3) is 0 Å². The molecule has 3 heteroatoms. The van der Waals surface area contributed by atoms with Gasteiger partial charge in [-0.15, -0.1) is 0 Å². The molecule has 0 aromatic heterocycles. The molecule has 1 aromatic rings. The molecule has 0 unspecified atom stereocenters. The van der Waals surface area contributed by atoms with Crippen molar-refractivity contribution in [3.8, 4) is 0 Å². The van der Waals surface area contributed by atoms with Gasteiger partial charge in [0, 0.05) is 12.0 Å². The summed E-state index contributed by atoms with van der Waals surface area (Å²) < 4.78 is 4.67. The monoisotopic (exact) mass is 232 g/mol. The van der Waals surface area contributed by atoms with Crippen molar-refractivity contribution in [1.82, 2.24) is 0 Å². The topological polar surface area (TPSA) is 43.4 Å². The SMILES string of the molecule is CCC(=O)c1cc(C(=O)OC)ccc1C1CC1. The lowest BCUT2D eigenvalue weighted by Crippen LogP contribution is -2.07. The molecule has 17 heavy (non-hydrogen) atoms. The molecule has 0 aliphatic heterocycles. The average Bonchev–Trinajstić information content (AvgIpc) is 3.20. The molecule has 0 radical (unpaired) electrons. The second-order valence-corrected chi connectivity index (χ2v) is 4.34. The van der Waals surface area contributed by atoms with E-state index in [-0.39, 0.29) is 5.78 Å². The lowest BCUT2D eigenvalue weighted by molar-refractivity contribution is 0.0600. The highest BCUT2D eigenvalue weighted by Crippen LogP contribution is 2.42. The number of ether oxygens (including phenoxy) is 1. The van der Waals surface area contributed by atoms with Gasteiger partial charge in [-0.1, -0.05) is 13.0 Å². The summed E-state index contributed by atoms with van der Waals surface area (Å²) in [4.78, 5) is 23.3. The Labute approximate surface area is 101 Å². The molecule has 0 atom stereocenters. The molecular weight excluding hydrogens is 216 g/mol. The van der Waals surface area contributed by atoms with Gasteiger partial charge in [-0.3, -0.25) is 4.79 Å². The van der Waals surface area contributed by atoms with E-state index in [9.17, 15) is 9.59 Å². The van der Waals surface area contributed by atoms with Crippen molar-refractivity contribution in [3.63, 3.8) is 0 Å². The minimum absolute atomic E-state index is 0.0950. The molecule has 1 aromatic carbocycles. The maximum Gasteiger partial charge on any atom is 0.337 e. The van der Waals surface area contributed by atoms with Crippen LogP contribution in [0.15, 0.2) is 18.2 Å². The first-order valence-electron chi connectivity index (χ1n) is 5.92. The molecular formula is C14H16O3. The Hall–Kier alpha value is -1.64. The van der Waals surface area contributed by atoms with Crippen LogP contribution in [0.1, 0.15) is 58.4 Å². The van der Waals surface area contributed by atoms with Gasteiger partial charge in [0.2, 0.25) is 0 Å². The second-order valence-electron chi connectivity index (χ2n) is 4.34. The molecule has 90 valence electrons. The lowest BCUT2D eigenvalue weighted by atomic mass is 9.96. The van der Waals surface area contributed by atoms with E-state index in [4.69, 9.17) is 0 Å². The van der Waals surface area contributed by atoms with Crippen LogP contribution in [-0.4, -0.2) is 18.9 Å². The van der Waals surface area contributed by atoms with Crippen LogP contribution in [0.4, 0.5) is 0 Å². The van der Waals surface area contributed by atoms with Gasteiger partial charge in [0.05, 0.1) is 12.7 Å². The van der Waals surface area contributed by atoms with E-state index in [2.05, 4.69) is 4.74 Å². The van der Waals surface area contributed by atoms with Gasteiger partial charge < -0.3 is 4.74 Å². The summed E-state index contributed by atoms with van der Waals surface area (Å²) in [5.41, 5.74) is 2.23. The predicted octanol–water partition coefficient (Wildman–Crippen LogP) is 2.94. The number of rotatable bonds is 4. The van der Waals surface area contributed by atoms with E-state index in [0.717, 1.165) is 18.4 Å². The number of hydrogen-bond donors (Lipinski definition) is 0. The zero-order chi connectivity index (χ0) is 12.4. The highest BCUT2D eigenvalue weighted by Gasteiger charge is 2.28. The number of ketones is 1. The molecule has 0 N–H and O–H groups in total. The summed E-state index contributed by atoms with van der Waals surface area (Å²) in [5.74, 6) is 0.211. The summed E-state index contributed by atoms with van der Waals surface area (Å²) in [7, 11) is 1.35. The Bertz CT molecular complexity index is 459. The van der Waals surface area contributed by atoms with Crippen LogP contribution in [0.2, 0.25) is 0 Å². The molecule has 0 bridgehead atoms. The van der Waals surface area contributed by atoms with Crippen LogP contribution in [0.3, 0.4) is 0 Å². The number of Topliss-reactive ketones (excluding diaryl/α,β-unsaturated/α-hetero) is 1. The second kappa shape index (κ2) is 4.70. The smallest absolute Gasteiger partial charge is 0.337 e. The van der Waals surface area contributed by atoms with Crippen molar-refractivity contribution >= 4 is 11.8 Å². The van der Waals surface area contributed by atoms with Crippen molar-refractivity contribution in [1.29, 1.82) is 0 Å². The van der Waals surface area contributed by atoms with Crippen LogP contribution in [0.5, 0.6) is 0 Å². The van der Waals surface area contributed by atoms with E-state index in [1.807, 2.05) is 13.0 Å². The zero-order valence-corrected chi connectivity index (χ0v) is 10.2. The summed E-state index contributed by atoms with van der Waals surface area (Å²) in [5, 5.41) is 0. The molecule has 1 saturated carbocycles. The van der Waals surface area contributed by atoms with Crippen molar-refractivity contribution < 1.29 is 14.3 Å². The largest absolute Gasteiger partial charge is 0.465 e. The van der Waals surface area contributed by atoms with Crippen LogP contribution in [0.25, 0.3) is 0 Å². The number of carbonyl (C=O) groups is 2. The van der Waals surface area contributed by atoms with Crippen molar-refractivity contribution in [3.05, 3.63) is 34.9 Å². The quantitative estimate of drug-likeness (QED) is 0.592. The normalized spacial score (nSPS) is 14.5. The van der Waals surface area contributed by atoms with E-state index < -0.39 is 5.97 Å². The van der Waals surface area contributed by atoms with E-state index in [0.29, 0.717) is 23.5 Å². The summed E-state index contributed by atoms with van der Waals surface area (Å²) in [6.45, 7) is 1.84. The first-order chi connectivity index (χ1) is 8.17. The lowest BCUT2D eigenvalue weighted by Gasteiger charge is -2.08. The molecule has 0 heterocycles. The van der Waals surface area contributed by atoms with Crippen molar-refractivity contribution in [2.24, 2.45) is 0 Å². The van der Waals surface area contributed by atoms with E-state index >= 15 is 0 Å². The fraction of sp³-hybridized carbons (Fsp3) is 0.429. The Balaban J connectivity index is 2.42. The fourth-order valence-corrected chi connectivity index (χ4v) is 1.98. The maximum absolute atomic E-state index is 11.9. The molecule has 0 spiro atoms. The van der Waals surface area contributed by atoms with Gasteiger partial charge >= 0.3 is 5.97 Å². The Kier molecular flexibility index (Phi) is 3.27. The van der Waals surface area contributed by atoms with Gasteiger partial charge in [-0.2, -0.15) is 0 Å². The first kappa shape index (κ1) is 11.8. The molecule has 1 fully saturated rings. The minimum Gasteiger partial charge on any atom is -0.465 e. The molecule has 1 aliphatic rings. The van der Waals surface area contributed by atoms with Gasteiger partial charge in [-0.05, 0) is 36.5 Å². The zero-order valence-electron chi connectivity index (χ0n) is 10.2. The molecule has 2 rings (SSSR count). The number of hydrogen-bond acceptors (Lipinski definition) is 3. The summed E-state index contributed by atoms with van der Waals surface area (Å²) in [6.07, 6.45) is 2.74. The number of methoxy groups -OCH3 is 1. The number of benzene rings is 1. The molecule has 3 nitrogen and oxygen atoms in total. The Morgan fingerprint density at radius 1 is 1.35 bits per heavy atom. The molecule has 0 amide bonds. The average molecular weight is 232 g/mol. The van der Waals surface area contributed by atoms with Crippen LogP contribution >= 0.6 is 0 Å². The fourth-order valence-electron chi connectivity index (χ4n) is 1.98. The number of carbonyl (C=O) groups excluding carboxylic acids is 2. The standard InChI is InChI=1S/C14H16O3/c1-3-13(15)12-8-10(14(16)17-2)6-7-11(12)9-4-5-9/h6-9H,3-5H2,1-2H3. The Morgan fingerprint density at radius 2 is 2.06 bits per heavy atom. The summed E-state index contributed by atoms with van der Waals surface area (Å²) in [6, 6.07) is 5.31. The Morgan fingerprint density at radius 3 is 2.59 bits per heavy atom. The van der Waals surface area contributed by atoms with E-state index in [1.54, 1.807) is 12.1 Å². The van der Waals surface area contributed by atoms with Gasteiger partial charge in [0.1, 0.15) is 0 Å². The molecule has 1 aliphatic carbocycles. The number of esters is 1. The van der Waals surface area contributed by atoms with Crippen LogP contribution in [0, 0.1) is 0 Å². The molecule has 0 saturated heterocycles. The van der Waals surface area contributed by atoms with Crippen LogP contribution < -0.4 is 0 Å². The van der Waals surface area contributed by atoms with Crippen LogP contribution in [-0.2, 0) is 4.74 Å². The highest BCUT2D eigenvalue weighted by atomic mass is 16.5. The predicted molar refractivity (Wildman–Crippen MR) is 64.4 cm³/mol. The summed E-state index contributed by atoms with van der Waals surface area (Å²) >= 11 is 0.